The van der Waals surface area contributed by atoms with Gasteiger partial charge in [-0.3, -0.25) is 9.36 Å². The zero-order chi connectivity index (χ0) is 20.5. The highest BCUT2D eigenvalue weighted by Gasteiger charge is 2.46. The highest BCUT2D eigenvalue weighted by molar-refractivity contribution is 5.98. The van der Waals surface area contributed by atoms with Gasteiger partial charge in [0, 0.05) is 25.0 Å². The van der Waals surface area contributed by atoms with E-state index in [1.807, 2.05) is 30.3 Å². The van der Waals surface area contributed by atoms with Gasteiger partial charge in [-0.15, -0.1) is 0 Å². The summed E-state index contributed by atoms with van der Waals surface area (Å²) in [6.45, 7) is 0.928. The van der Waals surface area contributed by atoms with Crippen LogP contribution in [0.2, 0.25) is 0 Å². The van der Waals surface area contributed by atoms with Crippen LogP contribution < -0.4 is 5.32 Å². The number of aryl methyl sites for hydroxylation is 1. The molecule has 11 nitrogen and oxygen atoms in total. The molecule has 6 heterocycles. The molecule has 146 valence electrons. The first kappa shape index (κ1) is 16.6. The van der Waals surface area contributed by atoms with Crippen molar-refractivity contribution in [1.82, 2.24) is 39.1 Å². The van der Waals surface area contributed by atoms with Gasteiger partial charge in [0.25, 0.3) is 0 Å². The zero-order valence-electron chi connectivity index (χ0n) is 16.0. The Bertz CT molecular complexity index is 1400. The molecular weight excluding hydrogens is 382 g/mol. The summed E-state index contributed by atoms with van der Waals surface area (Å²) < 4.78 is 5.35. The summed E-state index contributed by atoms with van der Waals surface area (Å²) in [6, 6.07) is 2.24. The lowest BCUT2D eigenvalue weighted by Crippen LogP contribution is -2.60. The molecule has 4 aromatic rings. The summed E-state index contributed by atoms with van der Waals surface area (Å²) >= 11 is 0. The van der Waals surface area contributed by atoms with Gasteiger partial charge in [0.15, 0.2) is 12.0 Å². The van der Waals surface area contributed by atoms with Crippen LogP contribution in [0.5, 0.6) is 0 Å². The third-order valence-electron chi connectivity index (χ3n) is 5.73. The monoisotopic (exact) mass is 397 g/mol. The molecule has 4 aromatic heterocycles. The summed E-state index contributed by atoms with van der Waals surface area (Å²) in [7, 11) is 1.86. The molecule has 1 N–H and O–H groups in total. The summed E-state index contributed by atoms with van der Waals surface area (Å²) in [6.07, 6.45) is 11.6. The molecule has 6 rings (SSSR count). The van der Waals surface area contributed by atoms with E-state index in [0.717, 1.165) is 33.7 Å². The molecule has 0 atom stereocenters. The number of aromatic nitrogens is 7. The van der Waals surface area contributed by atoms with Crippen molar-refractivity contribution in [1.29, 1.82) is 10.5 Å². The smallest absolute Gasteiger partial charge is 0.179 e. The zero-order valence-corrected chi connectivity index (χ0v) is 16.0. The highest BCUT2D eigenvalue weighted by Crippen LogP contribution is 2.42. The van der Waals surface area contributed by atoms with E-state index in [1.54, 1.807) is 26.5 Å². The second-order valence-electron chi connectivity index (χ2n) is 7.71. The first-order valence-electron chi connectivity index (χ1n) is 9.37. The van der Waals surface area contributed by atoms with Crippen LogP contribution in [0.4, 0.5) is 11.5 Å². The summed E-state index contributed by atoms with van der Waals surface area (Å²) in [5, 5.41) is 35.3. The SMILES string of the molecule is Cn1cc(-c2cn3ncc4c3c(n2)-c2cn(C3(CC#N)CN(C#N)C3)nc2N4)cn1. The van der Waals surface area contributed by atoms with Crippen molar-refractivity contribution in [3.05, 3.63) is 31.0 Å². The molecule has 11 heteroatoms. The lowest BCUT2D eigenvalue weighted by molar-refractivity contribution is 0.0507. The molecular formula is C19H15N11. The number of anilines is 2. The molecule has 0 amide bonds. The van der Waals surface area contributed by atoms with Crippen LogP contribution in [-0.4, -0.2) is 52.1 Å². The second-order valence-corrected chi connectivity index (χ2v) is 7.71. The fourth-order valence-electron chi connectivity index (χ4n) is 4.22. The standard InChI is InChI=1S/C19H15N11/c1-27-6-12(4-22-27)15-8-29-17-14(5-23-29)25-18-13(16(17)24-15)7-30(26-18)19(2-3-20)9-28(10-19)11-21/h4-8H,2,9-10H2,1H3,(H,25,26). The molecule has 0 unspecified atom stereocenters. The van der Waals surface area contributed by atoms with Crippen molar-refractivity contribution in [2.45, 2.75) is 12.0 Å². The molecule has 0 saturated carbocycles. The van der Waals surface area contributed by atoms with E-state index < -0.39 is 5.54 Å². The molecule has 1 fully saturated rings. The van der Waals surface area contributed by atoms with E-state index >= 15 is 0 Å². The van der Waals surface area contributed by atoms with Crippen LogP contribution in [0, 0.1) is 22.8 Å². The molecule has 0 bridgehead atoms. The number of rotatable bonds is 3. The van der Waals surface area contributed by atoms with E-state index in [2.05, 4.69) is 27.8 Å². The number of fused-ring (bicyclic) bond motifs is 2. The van der Waals surface area contributed by atoms with Crippen LogP contribution in [0.1, 0.15) is 6.42 Å². The summed E-state index contributed by atoms with van der Waals surface area (Å²) in [5.74, 6) is 0.668. The van der Waals surface area contributed by atoms with Gasteiger partial charge in [0.1, 0.15) is 16.7 Å². The minimum atomic E-state index is -0.515. The molecule has 0 spiro atoms. The predicted octanol–water partition coefficient (Wildman–Crippen LogP) is 1.46. The van der Waals surface area contributed by atoms with Crippen LogP contribution >= 0.6 is 0 Å². The van der Waals surface area contributed by atoms with Crippen molar-refractivity contribution in [2.24, 2.45) is 7.05 Å². The third-order valence-corrected chi connectivity index (χ3v) is 5.73. The van der Waals surface area contributed by atoms with E-state index in [0.29, 0.717) is 18.9 Å². The van der Waals surface area contributed by atoms with E-state index in [-0.39, 0.29) is 6.42 Å². The first-order valence-corrected chi connectivity index (χ1v) is 9.37. The van der Waals surface area contributed by atoms with Gasteiger partial charge in [-0.25, -0.2) is 9.50 Å². The van der Waals surface area contributed by atoms with Gasteiger partial charge in [0.2, 0.25) is 0 Å². The number of likely N-dealkylation sites (tertiary alicyclic amines) is 1. The largest absolute Gasteiger partial charge is 0.335 e. The number of nitrogens with zero attached hydrogens (tertiary/aromatic N) is 10. The lowest BCUT2D eigenvalue weighted by Gasteiger charge is -2.46. The topological polar surface area (TPSA) is 129 Å². The fraction of sp³-hybridized carbons (Fsp3) is 0.263. The molecule has 0 aliphatic carbocycles. The first-order chi connectivity index (χ1) is 14.6. The quantitative estimate of drug-likeness (QED) is 0.453. The van der Waals surface area contributed by atoms with E-state index in [9.17, 15) is 5.26 Å². The molecule has 1 saturated heterocycles. The Morgan fingerprint density at radius 2 is 2.03 bits per heavy atom. The molecule has 2 aliphatic rings. The molecule has 30 heavy (non-hydrogen) atoms. The van der Waals surface area contributed by atoms with Crippen LogP contribution in [0.3, 0.4) is 0 Å². The van der Waals surface area contributed by atoms with E-state index in [1.165, 1.54) is 0 Å². The summed E-state index contributed by atoms with van der Waals surface area (Å²) in [5.41, 5.74) is 4.44. The normalized spacial score (nSPS) is 15.8. The molecule has 0 radical (unpaired) electrons. The van der Waals surface area contributed by atoms with Crippen molar-refractivity contribution in [3.63, 3.8) is 0 Å². The van der Waals surface area contributed by atoms with Crippen LogP contribution in [0.15, 0.2) is 31.0 Å². The van der Waals surface area contributed by atoms with Gasteiger partial charge >= 0.3 is 0 Å². The highest BCUT2D eigenvalue weighted by atomic mass is 15.4. The van der Waals surface area contributed by atoms with Crippen LogP contribution in [-0.2, 0) is 12.6 Å². The minimum Gasteiger partial charge on any atom is -0.335 e. The molecule has 2 aliphatic heterocycles. The average molecular weight is 397 g/mol. The van der Waals surface area contributed by atoms with Gasteiger partial charge in [-0.1, -0.05) is 0 Å². The minimum absolute atomic E-state index is 0.278. The number of nitriles is 2. The maximum atomic E-state index is 9.35. The number of hydrogen-bond donors (Lipinski definition) is 1. The maximum absolute atomic E-state index is 9.35. The molecule has 0 aromatic carbocycles. The van der Waals surface area contributed by atoms with Crippen molar-refractivity contribution in [2.75, 3.05) is 18.4 Å². The Morgan fingerprint density at radius 1 is 1.17 bits per heavy atom. The Hall–Kier alpha value is -4.38. The van der Waals surface area contributed by atoms with Crippen molar-refractivity contribution in [3.8, 4) is 34.8 Å². The Balaban J connectivity index is 1.51. The van der Waals surface area contributed by atoms with Crippen molar-refractivity contribution < 1.29 is 0 Å². The van der Waals surface area contributed by atoms with Crippen molar-refractivity contribution >= 4 is 17.0 Å². The van der Waals surface area contributed by atoms with Crippen LogP contribution in [0.25, 0.3) is 28.0 Å². The number of hydrogen-bond acceptors (Lipinski definition) is 8. The Morgan fingerprint density at radius 3 is 2.77 bits per heavy atom. The maximum Gasteiger partial charge on any atom is 0.179 e. The Kier molecular flexibility index (Phi) is 3.08. The summed E-state index contributed by atoms with van der Waals surface area (Å²) in [4.78, 5) is 6.53. The van der Waals surface area contributed by atoms with Gasteiger partial charge in [0.05, 0.1) is 61.1 Å². The average Bonchev–Trinajstić information content (AvgIpc) is 3.43. The van der Waals surface area contributed by atoms with Gasteiger partial charge in [-0.2, -0.15) is 25.8 Å². The van der Waals surface area contributed by atoms with Gasteiger partial charge < -0.3 is 10.2 Å². The number of nitrogens with one attached hydrogen (secondary N) is 1. The Labute approximate surface area is 170 Å². The second kappa shape index (κ2) is 5.58. The van der Waals surface area contributed by atoms with Gasteiger partial charge in [-0.05, 0) is 0 Å². The fourth-order valence-corrected chi connectivity index (χ4v) is 4.22. The predicted molar refractivity (Wildman–Crippen MR) is 105 cm³/mol. The third kappa shape index (κ3) is 2.11. The lowest BCUT2D eigenvalue weighted by atomic mass is 9.87. The van der Waals surface area contributed by atoms with E-state index in [4.69, 9.17) is 15.3 Å².